The number of nitrogens with zero attached hydrogens (tertiary/aromatic N) is 7. The quantitative estimate of drug-likeness (QED) is 0.137. The standard InChI is InChI=1S/C94H59N7/c1-5-22-60(23-6-1)82-59-83(67-24-21-31-71(52-67)100-87-39-20-16-35-75(87)81-54-62(43-51-91(81)100)61-42-48-88-78(53-61)72-32-13-17-36-84(72)97(88)68-25-7-2-8-26-68)96-94(95-82)101-92-57-65(63-44-49-89-79(55-63)73-33-14-18-37-85(73)98(89)69-27-9-3-10-28-69)40-46-76(92)77-47-41-66(58-93(77)101)64-45-50-90-80(56-64)74-34-15-19-38-86(74)99(90)70-29-11-4-12-30-70/h1-59H. The zero-order chi connectivity index (χ0) is 66.2. The maximum atomic E-state index is 5.78. The van der Waals surface area contributed by atoms with E-state index in [1.165, 1.54) is 76.3 Å². The Balaban J connectivity index is 0.742. The normalized spacial score (nSPS) is 12.0. The first kappa shape index (κ1) is 56.5. The number of hydrogen-bond donors (Lipinski definition) is 0. The van der Waals surface area contributed by atoms with E-state index in [0.717, 1.165) is 111 Å². The second-order valence-electron chi connectivity index (χ2n) is 26.5. The fourth-order valence-corrected chi connectivity index (χ4v) is 16.3. The van der Waals surface area contributed by atoms with Crippen LogP contribution in [0.3, 0.4) is 0 Å². The Morgan fingerprint density at radius 3 is 0.812 bits per heavy atom. The molecule has 0 saturated carbocycles. The van der Waals surface area contributed by atoms with Gasteiger partial charge in [-0.25, -0.2) is 9.97 Å². The van der Waals surface area contributed by atoms with Crippen LogP contribution in [0.1, 0.15) is 0 Å². The Labute approximate surface area is 580 Å². The van der Waals surface area contributed by atoms with Crippen molar-refractivity contribution in [3.8, 4) is 84.6 Å². The molecular weight excluding hydrogens is 1230 g/mol. The van der Waals surface area contributed by atoms with Crippen LogP contribution in [0.5, 0.6) is 0 Å². The van der Waals surface area contributed by atoms with Crippen LogP contribution in [-0.4, -0.2) is 32.8 Å². The second kappa shape index (κ2) is 22.5. The fraction of sp³-hybridized carbons (Fsp3) is 0. The molecule has 21 rings (SSSR count). The Bertz CT molecular complexity index is 6710. The Morgan fingerprint density at radius 2 is 0.426 bits per heavy atom. The van der Waals surface area contributed by atoms with Crippen LogP contribution in [0.2, 0.25) is 0 Å². The van der Waals surface area contributed by atoms with E-state index < -0.39 is 0 Å². The lowest BCUT2D eigenvalue weighted by Gasteiger charge is -2.14. The number of fused-ring (bicyclic) bond motifs is 15. The van der Waals surface area contributed by atoms with Crippen LogP contribution < -0.4 is 0 Å². The zero-order valence-corrected chi connectivity index (χ0v) is 54.7. The van der Waals surface area contributed by atoms with Crippen LogP contribution in [0, 0.1) is 0 Å². The maximum absolute atomic E-state index is 5.78. The van der Waals surface area contributed by atoms with Crippen molar-refractivity contribution < 1.29 is 0 Å². The maximum Gasteiger partial charge on any atom is 0.235 e. The van der Waals surface area contributed by atoms with Gasteiger partial charge in [0.05, 0.1) is 66.6 Å². The highest BCUT2D eigenvalue weighted by Gasteiger charge is 2.23. The van der Waals surface area contributed by atoms with Crippen molar-refractivity contribution in [2.24, 2.45) is 0 Å². The van der Waals surface area contributed by atoms with E-state index in [0.29, 0.717) is 5.95 Å². The van der Waals surface area contributed by atoms with Gasteiger partial charge in [0.15, 0.2) is 0 Å². The minimum absolute atomic E-state index is 0.580. The molecule has 0 aliphatic rings. The average molecular weight is 1290 g/mol. The molecule has 0 fully saturated rings. The summed E-state index contributed by atoms with van der Waals surface area (Å²) in [6.07, 6.45) is 0. The van der Waals surface area contributed by atoms with Gasteiger partial charge in [-0.2, -0.15) is 0 Å². The summed E-state index contributed by atoms with van der Waals surface area (Å²) in [5, 5.41) is 11.9. The summed E-state index contributed by atoms with van der Waals surface area (Å²) < 4.78 is 11.9. The van der Waals surface area contributed by atoms with E-state index in [9.17, 15) is 0 Å². The van der Waals surface area contributed by atoms with Gasteiger partial charge in [-0.15, -0.1) is 0 Å². The molecule has 7 nitrogen and oxygen atoms in total. The number of para-hydroxylation sites is 7. The van der Waals surface area contributed by atoms with E-state index in [1.54, 1.807) is 0 Å². The number of benzene rings is 15. The summed E-state index contributed by atoms with van der Waals surface area (Å²) in [5.41, 5.74) is 26.2. The molecule has 6 heterocycles. The first-order valence-corrected chi connectivity index (χ1v) is 34.5. The molecular formula is C94H59N7. The van der Waals surface area contributed by atoms with Gasteiger partial charge in [-0.3, -0.25) is 4.57 Å². The summed E-state index contributed by atoms with van der Waals surface area (Å²) in [5.74, 6) is 0.580. The van der Waals surface area contributed by atoms with Crippen LogP contribution in [0.25, 0.3) is 194 Å². The highest BCUT2D eigenvalue weighted by molar-refractivity contribution is 6.16. The topological polar surface area (TPSA) is 50.4 Å². The molecule has 0 radical (unpaired) electrons. The predicted octanol–water partition coefficient (Wildman–Crippen LogP) is 24.3. The van der Waals surface area contributed by atoms with Crippen LogP contribution >= 0.6 is 0 Å². The van der Waals surface area contributed by atoms with Gasteiger partial charge >= 0.3 is 0 Å². The molecule has 0 unspecified atom stereocenters. The molecule has 0 saturated heterocycles. The van der Waals surface area contributed by atoms with Crippen LogP contribution in [0.4, 0.5) is 0 Å². The molecule has 15 aromatic carbocycles. The third kappa shape index (κ3) is 8.93. The third-order valence-corrected chi connectivity index (χ3v) is 20.9. The number of rotatable bonds is 10. The molecule has 0 spiro atoms. The van der Waals surface area contributed by atoms with Crippen LogP contribution in [0.15, 0.2) is 358 Å². The molecule has 0 aliphatic carbocycles. The summed E-state index contributed by atoms with van der Waals surface area (Å²) in [6.45, 7) is 0. The summed E-state index contributed by atoms with van der Waals surface area (Å²) in [7, 11) is 0. The molecule has 101 heavy (non-hydrogen) atoms. The van der Waals surface area contributed by atoms with Gasteiger partial charge in [0.2, 0.25) is 5.95 Å². The van der Waals surface area contributed by atoms with E-state index in [1.807, 2.05) is 0 Å². The van der Waals surface area contributed by atoms with Gasteiger partial charge in [0.1, 0.15) is 0 Å². The molecule has 7 heteroatoms. The highest BCUT2D eigenvalue weighted by Crippen LogP contribution is 2.44. The Hall–Kier alpha value is -13.6. The minimum atomic E-state index is 0.580. The average Bonchev–Trinajstić information content (AvgIpc) is 1.60. The van der Waals surface area contributed by atoms with Crippen molar-refractivity contribution in [1.82, 2.24) is 32.8 Å². The van der Waals surface area contributed by atoms with E-state index in [2.05, 4.69) is 381 Å². The monoisotopic (exact) mass is 1290 g/mol. The van der Waals surface area contributed by atoms with Gasteiger partial charge in [0.25, 0.3) is 0 Å². The molecule has 0 N–H and O–H groups in total. The van der Waals surface area contributed by atoms with Crippen molar-refractivity contribution in [2.75, 3.05) is 0 Å². The lowest BCUT2D eigenvalue weighted by atomic mass is 10.00. The highest BCUT2D eigenvalue weighted by atomic mass is 15.2. The lowest BCUT2D eigenvalue weighted by molar-refractivity contribution is 0.995. The van der Waals surface area contributed by atoms with Crippen molar-refractivity contribution in [2.45, 2.75) is 0 Å². The van der Waals surface area contributed by atoms with E-state index >= 15 is 0 Å². The van der Waals surface area contributed by atoms with Crippen molar-refractivity contribution >= 4 is 109 Å². The SMILES string of the molecule is c1ccc(-c2cc(-c3cccc(-n4c5ccccc5c5cc(-c6ccc7c(c6)c6ccccc6n7-c6ccccc6)ccc54)c3)nc(-n3c4cc(-c5ccc6c(c5)c5ccccc5n6-c5ccccc5)ccc4c4ccc(-c5ccc6c(c5)c5ccccc5n6-c5ccccc5)cc43)n2)cc1. The lowest BCUT2D eigenvalue weighted by Crippen LogP contribution is -2.04. The van der Waals surface area contributed by atoms with Gasteiger partial charge in [0, 0.05) is 87.7 Å². The first-order valence-electron chi connectivity index (χ1n) is 34.5. The van der Waals surface area contributed by atoms with Crippen molar-refractivity contribution in [3.05, 3.63) is 358 Å². The molecule has 0 amide bonds. The van der Waals surface area contributed by atoms with Gasteiger partial charge < -0.3 is 18.3 Å². The Morgan fingerprint density at radius 1 is 0.149 bits per heavy atom. The first-order chi connectivity index (χ1) is 50.1. The summed E-state index contributed by atoms with van der Waals surface area (Å²) >= 11 is 0. The van der Waals surface area contributed by atoms with E-state index in [4.69, 9.17) is 9.97 Å². The molecule has 21 aromatic rings. The Kier molecular flexibility index (Phi) is 12.6. The van der Waals surface area contributed by atoms with Crippen molar-refractivity contribution in [1.29, 1.82) is 0 Å². The molecule has 0 bridgehead atoms. The molecule has 0 atom stereocenters. The smallest absolute Gasteiger partial charge is 0.235 e. The third-order valence-electron chi connectivity index (χ3n) is 20.9. The molecule has 0 aliphatic heterocycles. The van der Waals surface area contributed by atoms with E-state index in [-0.39, 0.29) is 0 Å². The largest absolute Gasteiger partial charge is 0.309 e. The van der Waals surface area contributed by atoms with Gasteiger partial charge in [-0.1, -0.05) is 218 Å². The minimum Gasteiger partial charge on any atom is -0.309 e. The molecule has 470 valence electrons. The summed E-state index contributed by atoms with van der Waals surface area (Å²) in [6, 6.07) is 130. The molecule has 6 aromatic heterocycles. The number of aromatic nitrogens is 7. The second-order valence-corrected chi connectivity index (χ2v) is 26.5. The zero-order valence-electron chi connectivity index (χ0n) is 54.7. The van der Waals surface area contributed by atoms with Crippen molar-refractivity contribution in [3.63, 3.8) is 0 Å². The van der Waals surface area contributed by atoms with Gasteiger partial charge in [-0.05, 0) is 173 Å². The number of hydrogen-bond acceptors (Lipinski definition) is 2. The predicted molar refractivity (Wildman–Crippen MR) is 421 cm³/mol. The van der Waals surface area contributed by atoms with Crippen LogP contribution in [-0.2, 0) is 0 Å². The fourth-order valence-electron chi connectivity index (χ4n) is 16.3. The summed E-state index contributed by atoms with van der Waals surface area (Å²) in [4.78, 5) is 11.4.